The van der Waals surface area contributed by atoms with Crippen molar-refractivity contribution < 1.29 is 14.7 Å². The first-order valence-corrected chi connectivity index (χ1v) is 6.59. The summed E-state index contributed by atoms with van der Waals surface area (Å²) in [6, 6.07) is -0.203. The van der Waals surface area contributed by atoms with Crippen molar-refractivity contribution in [2.45, 2.75) is 30.4 Å². The second kappa shape index (κ2) is 5.98. The number of carboxylic acids is 1. The van der Waals surface area contributed by atoms with E-state index in [1.807, 2.05) is 0 Å². The van der Waals surface area contributed by atoms with Gasteiger partial charge in [0.05, 0.1) is 0 Å². The second-order valence-corrected chi connectivity index (χ2v) is 5.27. The molecular formula is C10H18N2O3S. The highest BCUT2D eigenvalue weighted by Crippen LogP contribution is 2.46. The normalized spacial score (nSPS) is 16.6. The number of carbonyl (C=O) groups excluding carboxylic acids is 1. The number of thioether (sulfide) groups is 1. The lowest BCUT2D eigenvalue weighted by atomic mass is 10.3. The first-order valence-electron chi connectivity index (χ1n) is 5.37. The SMILES string of the molecule is CSC1(CNC(=O)NCCCC(=O)O)CC1. The van der Waals surface area contributed by atoms with Crippen LogP contribution in [0.3, 0.4) is 0 Å². The van der Waals surface area contributed by atoms with Crippen LogP contribution >= 0.6 is 11.8 Å². The molecule has 0 saturated heterocycles. The standard InChI is InChI=1S/C10H18N2O3S/c1-16-10(4-5-10)7-12-9(15)11-6-2-3-8(13)14/h2-7H2,1H3,(H,13,14)(H2,11,12,15). The molecule has 0 aromatic heterocycles. The molecule has 0 bridgehead atoms. The predicted molar refractivity (Wildman–Crippen MR) is 63.8 cm³/mol. The Hall–Kier alpha value is -0.910. The van der Waals surface area contributed by atoms with E-state index in [2.05, 4.69) is 16.9 Å². The van der Waals surface area contributed by atoms with Crippen LogP contribution in [-0.2, 0) is 4.79 Å². The molecule has 1 saturated carbocycles. The Bertz CT molecular complexity index is 267. The Balaban J connectivity index is 2.01. The number of rotatable bonds is 7. The van der Waals surface area contributed by atoms with E-state index in [0.717, 1.165) is 12.8 Å². The van der Waals surface area contributed by atoms with E-state index in [1.165, 1.54) is 0 Å². The largest absolute Gasteiger partial charge is 0.481 e. The van der Waals surface area contributed by atoms with Gasteiger partial charge < -0.3 is 15.7 Å². The van der Waals surface area contributed by atoms with Gasteiger partial charge in [0, 0.05) is 24.3 Å². The molecule has 0 aromatic carbocycles. The monoisotopic (exact) mass is 246 g/mol. The van der Waals surface area contributed by atoms with Crippen LogP contribution in [0.5, 0.6) is 0 Å². The molecule has 6 heteroatoms. The molecule has 5 nitrogen and oxygen atoms in total. The van der Waals surface area contributed by atoms with Crippen molar-refractivity contribution in [2.75, 3.05) is 19.3 Å². The highest BCUT2D eigenvalue weighted by atomic mass is 32.2. The van der Waals surface area contributed by atoms with Gasteiger partial charge in [0.25, 0.3) is 0 Å². The molecule has 0 atom stereocenters. The van der Waals surface area contributed by atoms with Gasteiger partial charge in [-0.25, -0.2) is 4.79 Å². The number of hydrogen-bond acceptors (Lipinski definition) is 3. The zero-order valence-corrected chi connectivity index (χ0v) is 10.2. The number of urea groups is 1. The Morgan fingerprint density at radius 2 is 2.06 bits per heavy atom. The summed E-state index contributed by atoms with van der Waals surface area (Å²) in [7, 11) is 0. The Morgan fingerprint density at radius 1 is 1.38 bits per heavy atom. The molecule has 0 aliphatic heterocycles. The molecule has 1 fully saturated rings. The van der Waals surface area contributed by atoms with E-state index < -0.39 is 5.97 Å². The fourth-order valence-electron chi connectivity index (χ4n) is 1.34. The number of carbonyl (C=O) groups is 2. The van der Waals surface area contributed by atoms with Gasteiger partial charge in [-0.15, -0.1) is 0 Å². The highest BCUT2D eigenvalue weighted by Gasteiger charge is 2.41. The van der Waals surface area contributed by atoms with Crippen molar-refractivity contribution in [3.63, 3.8) is 0 Å². The van der Waals surface area contributed by atoms with Crippen LogP contribution in [0.25, 0.3) is 0 Å². The van der Waals surface area contributed by atoms with Crippen molar-refractivity contribution in [3.8, 4) is 0 Å². The number of carboxylic acid groups (broad SMARTS) is 1. The van der Waals surface area contributed by atoms with E-state index in [4.69, 9.17) is 5.11 Å². The van der Waals surface area contributed by atoms with E-state index in [9.17, 15) is 9.59 Å². The molecule has 0 radical (unpaired) electrons. The van der Waals surface area contributed by atoms with Crippen molar-refractivity contribution in [1.29, 1.82) is 0 Å². The van der Waals surface area contributed by atoms with Gasteiger partial charge in [0.2, 0.25) is 0 Å². The van der Waals surface area contributed by atoms with Gasteiger partial charge >= 0.3 is 12.0 Å². The molecule has 0 unspecified atom stereocenters. The van der Waals surface area contributed by atoms with Gasteiger partial charge in [-0.3, -0.25) is 4.79 Å². The van der Waals surface area contributed by atoms with Gasteiger partial charge in [-0.2, -0.15) is 11.8 Å². The van der Waals surface area contributed by atoms with Crippen molar-refractivity contribution in [2.24, 2.45) is 0 Å². The van der Waals surface area contributed by atoms with Crippen LogP contribution in [0.2, 0.25) is 0 Å². The predicted octanol–water partition coefficient (Wildman–Crippen LogP) is 1.05. The van der Waals surface area contributed by atoms with E-state index in [-0.39, 0.29) is 17.2 Å². The maximum absolute atomic E-state index is 11.3. The molecule has 1 rings (SSSR count). The van der Waals surface area contributed by atoms with Crippen LogP contribution in [0.4, 0.5) is 4.79 Å². The van der Waals surface area contributed by atoms with Crippen LogP contribution < -0.4 is 10.6 Å². The Labute approximate surface area is 99.4 Å². The quantitative estimate of drug-likeness (QED) is 0.587. The lowest BCUT2D eigenvalue weighted by molar-refractivity contribution is -0.137. The average molecular weight is 246 g/mol. The molecule has 92 valence electrons. The van der Waals surface area contributed by atoms with Gasteiger partial charge in [-0.1, -0.05) is 0 Å². The molecular weight excluding hydrogens is 228 g/mol. The fourth-order valence-corrected chi connectivity index (χ4v) is 2.06. The summed E-state index contributed by atoms with van der Waals surface area (Å²) in [4.78, 5) is 21.5. The molecule has 16 heavy (non-hydrogen) atoms. The lowest BCUT2D eigenvalue weighted by Gasteiger charge is -2.13. The van der Waals surface area contributed by atoms with Crippen molar-refractivity contribution >= 4 is 23.8 Å². The lowest BCUT2D eigenvalue weighted by Crippen LogP contribution is -2.40. The Kier molecular flexibility index (Phi) is 4.92. The third kappa shape index (κ3) is 4.74. The zero-order chi connectivity index (χ0) is 12.0. The summed E-state index contributed by atoms with van der Waals surface area (Å²) in [5.74, 6) is -0.832. The summed E-state index contributed by atoms with van der Waals surface area (Å²) in [6.07, 6.45) is 4.94. The van der Waals surface area contributed by atoms with Crippen LogP contribution in [0.15, 0.2) is 0 Å². The number of amides is 2. The number of nitrogens with one attached hydrogen (secondary N) is 2. The third-order valence-electron chi connectivity index (χ3n) is 2.66. The van der Waals surface area contributed by atoms with Crippen LogP contribution in [0.1, 0.15) is 25.7 Å². The third-order valence-corrected chi connectivity index (χ3v) is 4.08. The Morgan fingerprint density at radius 3 is 2.56 bits per heavy atom. The maximum atomic E-state index is 11.3. The number of hydrogen-bond donors (Lipinski definition) is 3. The molecule has 0 aromatic rings. The summed E-state index contributed by atoms with van der Waals surface area (Å²) >= 11 is 1.79. The zero-order valence-electron chi connectivity index (χ0n) is 9.41. The number of aliphatic carboxylic acids is 1. The van der Waals surface area contributed by atoms with Crippen molar-refractivity contribution in [1.82, 2.24) is 10.6 Å². The van der Waals surface area contributed by atoms with E-state index >= 15 is 0 Å². The minimum absolute atomic E-state index is 0.0923. The minimum Gasteiger partial charge on any atom is -0.481 e. The highest BCUT2D eigenvalue weighted by molar-refractivity contribution is 8.00. The topological polar surface area (TPSA) is 78.4 Å². The minimum atomic E-state index is -0.832. The molecule has 0 spiro atoms. The van der Waals surface area contributed by atoms with Crippen molar-refractivity contribution in [3.05, 3.63) is 0 Å². The van der Waals surface area contributed by atoms with Crippen LogP contribution in [0, 0.1) is 0 Å². The van der Waals surface area contributed by atoms with Gasteiger partial charge in [0.15, 0.2) is 0 Å². The van der Waals surface area contributed by atoms with E-state index in [1.54, 1.807) is 11.8 Å². The molecule has 3 N–H and O–H groups in total. The fraction of sp³-hybridized carbons (Fsp3) is 0.800. The average Bonchev–Trinajstić information content (AvgIpc) is 3.02. The first-order chi connectivity index (χ1) is 7.58. The molecule has 2 amide bonds. The molecule has 0 heterocycles. The molecule has 1 aliphatic rings. The smallest absolute Gasteiger partial charge is 0.314 e. The molecule has 1 aliphatic carbocycles. The van der Waals surface area contributed by atoms with E-state index in [0.29, 0.717) is 19.5 Å². The summed E-state index contributed by atoms with van der Waals surface area (Å²) in [6.45, 7) is 1.10. The summed E-state index contributed by atoms with van der Waals surface area (Å²) in [5.41, 5.74) is 0. The maximum Gasteiger partial charge on any atom is 0.314 e. The van der Waals surface area contributed by atoms with Gasteiger partial charge in [0.1, 0.15) is 0 Å². The summed E-state index contributed by atoms with van der Waals surface area (Å²) < 4.78 is 0.262. The summed E-state index contributed by atoms with van der Waals surface area (Å²) in [5, 5.41) is 13.8. The van der Waals surface area contributed by atoms with Gasteiger partial charge in [-0.05, 0) is 25.5 Å². The first kappa shape index (κ1) is 13.2. The van der Waals surface area contributed by atoms with Crippen LogP contribution in [-0.4, -0.2) is 41.2 Å². The second-order valence-electron chi connectivity index (χ2n) is 3.99.